The summed E-state index contributed by atoms with van der Waals surface area (Å²) in [6.45, 7) is 2.68. The maximum atomic E-state index is 13.8. The van der Waals surface area contributed by atoms with E-state index in [2.05, 4.69) is 5.32 Å². The summed E-state index contributed by atoms with van der Waals surface area (Å²) in [5.74, 6) is 0.492. The second-order valence-corrected chi connectivity index (χ2v) is 12.9. The third kappa shape index (κ3) is 6.75. The van der Waals surface area contributed by atoms with Crippen molar-refractivity contribution in [2.24, 2.45) is 0 Å². The quantitative estimate of drug-likeness (QED) is 0.331. The number of carbonyl (C=O) groups excluding carboxylic acids is 1. The highest BCUT2D eigenvalue weighted by Crippen LogP contribution is 2.33. The van der Waals surface area contributed by atoms with E-state index in [0.717, 1.165) is 17.1 Å². The van der Waals surface area contributed by atoms with Crippen molar-refractivity contribution < 1.29 is 35.8 Å². The van der Waals surface area contributed by atoms with E-state index in [1.165, 1.54) is 61.0 Å². The van der Waals surface area contributed by atoms with Crippen LogP contribution in [0.1, 0.15) is 19.8 Å². The van der Waals surface area contributed by atoms with Gasteiger partial charge >= 0.3 is 0 Å². The molecule has 41 heavy (non-hydrogen) atoms. The second kappa shape index (κ2) is 12.8. The fourth-order valence-electron chi connectivity index (χ4n) is 4.41. The second-order valence-electron chi connectivity index (χ2n) is 9.14. The zero-order valence-corrected chi connectivity index (χ0v) is 24.7. The maximum absolute atomic E-state index is 13.8. The van der Waals surface area contributed by atoms with E-state index in [-0.39, 0.29) is 21.2 Å². The molecule has 0 aromatic heterocycles. The summed E-state index contributed by atoms with van der Waals surface area (Å²) in [4.78, 5) is 13.2. The summed E-state index contributed by atoms with van der Waals surface area (Å²) in [7, 11) is -5.01. The van der Waals surface area contributed by atoms with Gasteiger partial charge in [-0.2, -0.15) is 4.31 Å². The average Bonchev–Trinajstić information content (AvgIpc) is 3.53. The van der Waals surface area contributed by atoms with Crippen LogP contribution in [0.15, 0.2) is 76.5 Å². The van der Waals surface area contributed by atoms with Gasteiger partial charge in [-0.15, -0.1) is 0 Å². The molecular formula is C28H33N3O8S2. The van der Waals surface area contributed by atoms with E-state index in [9.17, 15) is 21.6 Å². The third-order valence-electron chi connectivity index (χ3n) is 6.51. The van der Waals surface area contributed by atoms with Crippen LogP contribution < -0.4 is 23.8 Å². The van der Waals surface area contributed by atoms with Crippen molar-refractivity contribution in [3.63, 3.8) is 0 Å². The summed E-state index contributed by atoms with van der Waals surface area (Å²) in [6.07, 6.45) is 1.65. The maximum Gasteiger partial charge on any atom is 0.264 e. The van der Waals surface area contributed by atoms with Gasteiger partial charge in [0.1, 0.15) is 12.3 Å². The molecule has 0 radical (unpaired) electrons. The molecule has 4 rings (SSSR count). The van der Waals surface area contributed by atoms with E-state index in [0.29, 0.717) is 36.9 Å². The van der Waals surface area contributed by atoms with Gasteiger partial charge in [0.15, 0.2) is 11.5 Å². The van der Waals surface area contributed by atoms with E-state index in [1.54, 1.807) is 24.3 Å². The fourth-order valence-corrected chi connectivity index (χ4v) is 7.37. The molecular weight excluding hydrogens is 570 g/mol. The molecule has 0 saturated carbocycles. The van der Waals surface area contributed by atoms with Crippen molar-refractivity contribution in [3.8, 4) is 17.2 Å². The molecule has 220 valence electrons. The number of methoxy groups -OCH3 is 2. The molecule has 1 saturated heterocycles. The van der Waals surface area contributed by atoms with E-state index >= 15 is 0 Å². The molecule has 1 N–H and O–H groups in total. The highest BCUT2D eigenvalue weighted by atomic mass is 32.2. The van der Waals surface area contributed by atoms with E-state index in [4.69, 9.17) is 14.2 Å². The molecule has 1 aliphatic heterocycles. The zero-order chi connectivity index (χ0) is 29.6. The van der Waals surface area contributed by atoms with Crippen LogP contribution in [0.5, 0.6) is 17.2 Å². The summed E-state index contributed by atoms with van der Waals surface area (Å²) in [5.41, 5.74) is 0.566. The van der Waals surface area contributed by atoms with Crippen LogP contribution in [0, 0.1) is 0 Å². The number of ether oxygens (including phenoxy) is 3. The Hall–Kier alpha value is -3.81. The third-order valence-corrected chi connectivity index (χ3v) is 10.2. The molecule has 1 fully saturated rings. The van der Waals surface area contributed by atoms with Crippen LogP contribution >= 0.6 is 0 Å². The van der Waals surface area contributed by atoms with E-state index < -0.39 is 32.5 Å². The number of benzene rings is 3. The van der Waals surface area contributed by atoms with Crippen molar-refractivity contribution in [1.82, 2.24) is 4.31 Å². The van der Waals surface area contributed by atoms with Crippen LogP contribution in [-0.2, 0) is 24.8 Å². The number of anilines is 2. The molecule has 0 spiro atoms. The Balaban J connectivity index is 1.60. The molecule has 1 amide bonds. The smallest absolute Gasteiger partial charge is 0.264 e. The highest BCUT2D eigenvalue weighted by molar-refractivity contribution is 7.92. The van der Waals surface area contributed by atoms with Gasteiger partial charge in [-0.05, 0) is 80.4 Å². The Morgan fingerprint density at radius 2 is 1.46 bits per heavy atom. The molecule has 3 aromatic carbocycles. The van der Waals surface area contributed by atoms with Gasteiger partial charge in [-0.1, -0.05) is 0 Å². The molecule has 3 aromatic rings. The number of nitrogens with one attached hydrogen (secondary N) is 1. The standard InChI is InChI=1S/C28H33N3O8S2/c1-4-39-23-11-9-22(10-12-23)31(41(35,36)25-15-16-26(37-2)27(19-25)38-3)20-28(32)29-21-7-13-24(14-8-21)40(33,34)30-17-5-6-18-30/h7-16,19H,4-6,17-18,20H2,1-3H3,(H,29,32). The lowest BCUT2D eigenvalue weighted by atomic mass is 10.3. The van der Waals surface area contributed by atoms with Gasteiger partial charge in [0.2, 0.25) is 15.9 Å². The number of rotatable bonds is 12. The molecule has 0 aliphatic carbocycles. The molecule has 0 atom stereocenters. The normalized spacial score (nSPS) is 13.9. The topological polar surface area (TPSA) is 132 Å². The first-order valence-corrected chi connectivity index (χ1v) is 15.9. The first-order valence-electron chi connectivity index (χ1n) is 13.0. The predicted octanol–water partition coefficient (Wildman–Crippen LogP) is 3.72. The minimum Gasteiger partial charge on any atom is -0.494 e. The summed E-state index contributed by atoms with van der Waals surface area (Å²) >= 11 is 0. The Morgan fingerprint density at radius 1 is 0.854 bits per heavy atom. The van der Waals surface area contributed by atoms with Crippen LogP contribution in [0.4, 0.5) is 11.4 Å². The fraction of sp³-hybridized carbons (Fsp3) is 0.321. The molecule has 13 heteroatoms. The van der Waals surface area contributed by atoms with Gasteiger partial charge in [-0.25, -0.2) is 16.8 Å². The zero-order valence-electron chi connectivity index (χ0n) is 23.1. The molecule has 0 unspecified atom stereocenters. The number of hydrogen-bond donors (Lipinski definition) is 1. The average molecular weight is 604 g/mol. The van der Waals surface area contributed by atoms with Gasteiger partial charge in [0, 0.05) is 24.8 Å². The van der Waals surface area contributed by atoms with Crippen LogP contribution in [0.25, 0.3) is 0 Å². The Bertz CT molecular complexity index is 1570. The largest absolute Gasteiger partial charge is 0.494 e. The Morgan fingerprint density at radius 3 is 2.05 bits per heavy atom. The summed E-state index contributed by atoms with van der Waals surface area (Å²) in [6, 6.07) is 16.3. The van der Waals surface area contributed by atoms with Crippen LogP contribution in [-0.4, -0.2) is 67.5 Å². The van der Waals surface area contributed by atoms with Gasteiger partial charge in [0.05, 0.1) is 36.3 Å². The predicted molar refractivity (Wildman–Crippen MR) is 155 cm³/mol. The lowest BCUT2D eigenvalue weighted by Crippen LogP contribution is -2.38. The van der Waals surface area contributed by atoms with Crippen molar-refractivity contribution in [1.29, 1.82) is 0 Å². The summed E-state index contributed by atoms with van der Waals surface area (Å²) in [5, 5.41) is 2.66. The monoisotopic (exact) mass is 603 g/mol. The molecule has 11 nitrogen and oxygen atoms in total. The number of nitrogens with zero attached hydrogens (tertiary/aromatic N) is 2. The molecule has 1 aliphatic rings. The van der Waals surface area contributed by atoms with Gasteiger partial charge < -0.3 is 19.5 Å². The summed E-state index contributed by atoms with van der Waals surface area (Å²) < 4.78 is 71.7. The van der Waals surface area contributed by atoms with Gasteiger partial charge in [0.25, 0.3) is 10.0 Å². The van der Waals surface area contributed by atoms with Gasteiger partial charge in [-0.3, -0.25) is 9.10 Å². The highest BCUT2D eigenvalue weighted by Gasteiger charge is 2.29. The molecule has 1 heterocycles. The minimum atomic E-state index is -4.25. The van der Waals surface area contributed by atoms with Crippen LogP contribution in [0.3, 0.4) is 0 Å². The van der Waals surface area contributed by atoms with Crippen molar-refractivity contribution in [2.45, 2.75) is 29.6 Å². The number of amides is 1. The number of carbonyl (C=O) groups is 1. The van der Waals surface area contributed by atoms with Crippen molar-refractivity contribution in [2.75, 3.05) is 50.1 Å². The lowest BCUT2D eigenvalue weighted by molar-refractivity contribution is -0.114. The first kappa shape index (κ1) is 30.2. The van der Waals surface area contributed by atoms with Crippen molar-refractivity contribution in [3.05, 3.63) is 66.7 Å². The van der Waals surface area contributed by atoms with E-state index in [1.807, 2.05) is 6.92 Å². The number of hydrogen-bond acceptors (Lipinski definition) is 8. The SMILES string of the molecule is CCOc1ccc(N(CC(=O)Nc2ccc(S(=O)(=O)N3CCCC3)cc2)S(=O)(=O)c2ccc(OC)c(OC)c2)cc1. The van der Waals surface area contributed by atoms with Crippen molar-refractivity contribution >= 4 is 37.3 Å². The first-order chi connectivity index (χ1) is 19.6. The Kier molecular flexibility index (Phi) is 9.41. The van der Waals surface area contributed by atoms with Crippen LogP contribution in [0.2, 0.25) is 0 Å². The Labute approximate surface area is 240 Å². The lowest BCUT2D eigenvalue weighted by Gasteiger charge is -2.25. The molecule has 0 bridgehead atoms. The minimum absolute atomic E-state index is 0.103. The number of sulfonamides is 2.